The van der Waals surface area contributed by atoms with Crippen molar-refractivity contribution in [2.75, 3.05) is 6.54 Å². The number of nitrogens with zero attached hydrogens (tertiary/aromatic N) is 1. The molecule has 0 aromatic carbocycles. The van der Waals surface area contributed by atoms with Crippen LogP contribution in [0.5, 0.6) is 0 Å². The van der Waals surface area contributed by atoms with Crippen molar-refractivity contribution in [3.05, 3.63) is 0 Å². The van der Waals surface area contributed by atoms with E-state index >= 15 is 0 Å². The number of nitrogens with one attached hydrogen (secondary N) is 3. The molecule has 0 aliphatic rings. The zero-order valence-corrected chi connectivity index (χ0v) is 21.5. The van der Waals surface area contributed by atoms with E-state index in [1.807, 2.05) is 13.8 Å². The number of hydrogen-bond acceptors (Lipinski definition) is 8. The van der Waals surface area contributed by atoms with Gasteiger partial charge in [0.15, 0.2) is 5.96 Å². The van der Waals surface area contributed by atoms with Crippen molar-refractivity contribution < 1.29 is 44.1 Å². The molecule has 0 aliphatic heterocycles. The molecule has 0 heterocycles. The van der Waals surface area contributed by atoms with Gasteiger partial charge in [0, 0.05) is 19.4 Å². The first-order valence-corrected chi connectivity index (χ1v) is 12.0. The summed E-state index contributed by atoms with van der Waals surface area (Å²) in [5.41, 5.74) is 16.4. The number of aliphatic imine (C=N–C) groups is 1. The third-order valence-electron chi connectivity index (χ3n) is 5.18. The summed E-state index contributed by atoms with van der Waals surface area (Å²) in [6.45, 7) is 3.76. The first kappa shape index (κ1) is 34.0. The number of nitrogens with two attached hydrogens (primary N) is 3. The van der Waals surface area contributed by atoms with Crippen LogP contribution in [-0.4, -0.2) is 87.6 Å². The number of carbonyl (C=O) groups is 6. The lowest BCUT2D eigenvalue weighted by molar-refractivity contribution is -0.143. The summed E-state index contributed by atoms with van der Waals surface area (Å²) >= 11 is 0. The molecule has 0 rings (SSSR count). The molecule has 0 aliphatic carbocycles. The van der Waals surface area contributed by atoms with Crippen molar-refractivity contribution >= 4 is 41.6 Å². The monoisotopic (exact) mass is 545 g/mol. The maximum absolute atomic E-state index is 13.0. The smallest absolute Gasteiger partial charge is 0.326 e. The quantitative estimate of drug-likeness (QED) is 0.0469. The van der Waals surface area contributed by atoms with Gasteiger partial charge in [-0.05, 0) is 38.0 Å². The number of guanidine groups is 1. The molecule has 0 aromatic heterocycles. The van der Waals surface area contributed by atoms with Gasteiger partial charge in [0.1, 0.15) is 18.1 Å². The summed E-state index contributed by atoms with van der Waals surface area (Å²) in [6, 6.07) is -5.20. The van der Waals surface area contributed by atoms with Crippen LogP contribution in [0.1, 0.15) is 58.8 Å². The number of amides is 3. The lowest BCUT2D eigenvalue weighted by Crippen LogP contribution is -2.57. The normalized spacial score (nSPS) is 13.9. The van der Waals surface area contributed by atoms with Crippen molar-refractivity contribution in [1.82, 2.24) is 16.0 Å². The first-order chi connectivity index (χ1) is 17.6. The standard InChI is InChI=1S/C22H39N7O9/c1-11(2)10-12(23)18(34)27-14(5-7-16(30)31)20(36)28-13(4-3-9-26-22(24)25)19(35)29-15(21(37)38)6-8-17(32)33/h11-15H,3-10,23H2,1-2H3,(H,27,34)(H,28,36)(H,29,35)(H,30,31)(H,32,33)(H,37,38)(H4,24,25,26). The largest absolute Gasteiger partial charge is 0.481 e. The minimum atomic E-state index is -1.55. The molecule has 0 saturated carbocycles. The van der Waals surface area contributed by atoms with Gasteiger partial charge in [-0.25, -0.2) is 4.79 Å². The van der Waals surface area contributed by atoms with Gasteiger partial charge < -0.3 is 48.5 Å². The van der Waals surface area contributed by atoms with Crippen LogP contribution in [-0.2, 0) is 28.8 Å². The molecular weight excluding hydrogens is 506 g/mol. The third kappa shape index (κ3) is 15.2. The number of hydrogen-bond donors (Lipinski definition) is 9. The maximum Gasteiger partial charge on any atom is 0.326 e. The van der Waals surface area contributed by atoms with Crippen molar-refractivity contribution in [3.63, 3.8) is 0 Å². The van der Waals surface area contributed by atoms with E-state index in [4.69, 9.17) is 27.4 Å². The van der Waals surface area contributed by atoms with Gasteiger partial charge >= 0.3 is 17.9 Å². The number of carboxylic acid groups (broad SMARTS) is 3. The van der Waals surface area contributed by atoms with E-state index in [1.54, 1.807) is 0 Å². The molecule has 0 saturated heterocycles. The van der Waals surface area contributed by atoms with Crippen molar-refractivity contribution in [1.29, 1.82) is 0 Å². The molecule has 0 bridgehead atoms. The van der Waals surface area contributed by atoms with Crippen LogP contribution in [0.15, 0.2) is 4.99 Å². The molecule has 0 radical (unpaired) electrons. The Morgan fingerprint density at radius 2 is 1.18 bits per heavy atom. The van der Waals surface area contributed by atoms with Crippen LogP contribution < -0.4 is 33.2 Å². The van der Waals surface area contributed by atoms with E-state index in [0.717, 1.165) is 0 Å². The molecule has 0 fully saturated rings. The van der Waals surface area contributed by atoms with Gasteiger partial charge in [0.05, 0.1) is 6.04 Å². The second-order valence-corrected chi connectivity index (χ2v) is 9.07. The SMILES string of the molecule is CC(C)CC(N)C(=O)NC(CCC(=O)O)C(=O)NC(CCCN=C(N)N)C(=O)NC(CCC(=O)O)C(=O)O. The summed E-state index contributed by atoms with van der Waals surface area (Å²) in [7, 11) is 0. The van der Waals surface area contributed by atoms with Gasteiger partial charge in [0.2, 0.25) is 17.7 Å². The zero-order chi connectivity index (χ0) is 29.4. The highest BCUT2D eigenvalue weighted by Crippen LogP contribution is 2.07. The summed E-state index contributed by atoms with van der Waals surface area (Å²) in [5.74, 6) is -6.60. The minimum Gasteiger partial charge on any atom is -0.481 e. The Hall–Kier alpha value is -3.95. The number of carboxylic acids is 3. The molecule has 4 unspecified atom stereocenters. The molecule has 0 aromatic rings. The zero-order valence-electron chi connectivity index (χ0n) is 21.5. The Labute approximate surface area is 219 Å². The van der Waals surface area contributed by atoms with E-state index in [0.29, 0.717) is 6.42 Å². The third-order valence-corrected chi connectivity index (χ3v) is 5.18. The van der Waals surface area contributed by atoms with E-state index in [9.17, 15) is 33.9 Å². The van der Waals surface area contributed by atoms with Gasteiger partial charge in [-0.3, -0.25) is 29.0 Å². The fourth-order valence-electron chi connectivity index (χ4n) is 3.27. The highest BCUT2D eigenvalue weighted by molar-refractivity contribution is 5.94. The molecule has 12 N–H and O–H groups in total. The second kappa shape index (κ2) is 17.5. The molecule has 216 valence electrons. The molecule has 0 spiro atoms. The molecular formula is C22H39N7O9. The summed E-state index contributed by atoms with van der Waals surface area (Å²) in [6.07, 6.45) is -1.30. The van der Waals surface area contributed by atoms with Crippen molar-refractivity contribution in [2.24, 2.45) is 28.1 Å². The maximum atomic E-state index is 13.0. The Balaban J connectivity index is 5.72. The second-order valence-electron chi connectivity index (χ2n) is 9.07. The van der Waals surface area contributed by atoms with E-state index in [-0.39, 0.29) is 37.7 Å². The molecule has 38 heavy (non-hydrogen) atoms. The number of carbonyl (C=O) groups excluding carboxylic acids is 3. The summed E-state index contributed by atoms with van der Waals surface area (Å²) in [4.78, 5) is 75.6. The highest BCUT2D eigenvalue weighted by atomic mass is 16.4. The minimum absolute atomic E-state index is 0.0634. The van der Waals surface area contributed by atoms with Gasteiger partial charge in [-0.2, -0.15) is 0 Å². The molecule has 16 nitrogen and oxygen atoms in total. The molecule has 16 heteroatoms. The van der Waals surface area contributed by atoms with Crippen LogP contribution in [0, 0.1) is 5.92 Å². The number of aliphatic carboxylic acids is 3. The van der Waals surface area contributed by atoms with E-state index in [1.165, 1.54) is 0 Å². The van der Waals surface area contributed by atoms with Gasteiger partial charge in [-0.15, -0.1) is 0 Å². The van der Waals surface area contributed by atoms with Crippen LogP contribution in [0.25, 0.3) is 0 Å². The Bertz CT molecular complexity index is 875. The van der Waals surface area contributed by atoms with Crippen LogP contribution in [0.2, 0.25) is 0 Å². The topological polar surface area (TPSA) is 290 Å². The average molecular weight is 546 g/mol. The van der Waals surface area contributed by atoms with E-state index < -0.39 is 79.1 Å². The van der Waals surface area contributed by atoms with Crippen LogP contribution >= 0.6 is 0 Å². The fourth-order valence-corrected chi connectivity index (χ4v) is 3.27. The Kier molecular flexibility index (Phi) is 15.7. The van der Waals surface area contributed by atoms with Crippen molar-refractivity contribution in [3.8, 4) is 0 Å². The predicted octanol–water partition coefficient (Wildman–Crippen LogP) is -2.32. The molecule has 3 amide bonds. The van der Waals surface area contributed by atoms with Crippen LogP contribution in [0.4, 0.5) is 0 Å². The highest BCUT2D eigenvalue weighted by Gasteiger charge is 2.30. The van der Waals surface area contributed by atoms with Gasteiger partial charge in [0.25, 0.3) is 0 Å². The molecule has 4 atom stereocenters. The summed E-state index contributed by atoms with van der Waals surface area (Å²) < 4.78 is 0. The Morgan fingerprint density at radius 3 is 1.63 bits per heavy atom. The summed E-state index contributed by atoms with van der Waals surface area (Å²) in [5, 5.41) is 34.2. The van der Waals surface area contributed by atoms with E-state index in [2.05, 4.69) is 20.9 Å². The lowest BCUT2D eigenvalue weighted by Gasteiger charge is -2.25. The number of rotatable bonds is 19. The van der Waals surface area contributed by atoms with Crippen molar-refractivity contribution in [2.45, 2.75) is 83.0 Å². The average Bonchev–Trinajstić information content (AvgIpc) is 2.79. The fraction of sp³-hybridized carbons (Fsp3) is 0.682. The first-order valence-electron chi connectivity index (χ1n) is 12.0. The Morgan fingerprint density at radius 1 is 0.737 bits per heavy atom. The predicted molar refractivity (Wildman–Crippen MR) is 135 cm³/mol. The van der Waals surface area contributed by atoms with Crippen LogP contribution in [0.3, 0.4) is 0 Å². The van der Waals surface area contributed by atoms with Gasteiger partial charge in [-0.1, -0.05) is 13.8 Å². The lowest BCUT2D eigenvalue weighted by atomic mass is 10.0.